The molecule has 0 aliphatic heterocycles. The number of aliphatic carboxylic acids is 1. The van der Waals surface area contributed by atoms with E-state index in [2.05, 4.69) is 5.32 Å². The Balaban J connectivity index is 1.90. The lowest BCUT2D eigenvalue weighted by Crippen LogP contribution is -2.35. The number of anilines is 1. The maximum absolute atomic E-state index is 12.7. The molecule has 1 aromatic heterocycles. The highest BCUT2D eigenvalue weighted by Gasteiger charge is 2.34. The quantitative estimate of drug-likeness (QED) is 0.659. The second-order valence-corrected chi connectivity index (χ2v) is 7.52. The van der Waals surface area contributed by atoms with Gasteiger partial charge >= 0.3 is 5.97 Å². The molecule has 1 aliphatic carbocycles. The van der Waals surface area contributed by atoms with Crippen molar-refractivity contribution in [2.24, 2.45) is 17.6 Å². The molecule has 4 N–H and O–H groups in total. The molecule has 0 unspecified atom stereocenters. The molecule has 1 aromatic carbocycles. The molecule has 1 aliphatic rings. The van der Waals surface area contributed by atoms with Gasteiger partial charge in [0.05, 0.1) is 17.4 Å². The van der Waals surface area contributed by atoms with E-state index in [0.29, 0.717) is 28.4 Å². The molecular weight excluding hydrogens is 388 g/mol. The number of amides is 2. The predicted octanol–water partition coefficient (Wildman–Crippen LogP) is 3.77. The van der Waals surface area contributed by atoms with Gasteiger partial charge in [-0.3, -0.25) is 14.4 Å². The summed E-state index contributed by atoms with van der Waals surface area (Å²) in [4.78, 5) is 36.1. The van der Waals surface area contributed by atoms with E-state index in [1.54, 1.807) is 41.8 Å². The molecule has 0 bridgehead atoms. The highest BCUT2D eigenvalue weighted by atomic mass is 35.5. The van der Waals surface area contributed by atoms with Gasteiger partial charge in [-0.05, 0) is 30.5 Å². The summed E-state index contributed by atoms with van der Waals surface area (Å²) in [6.07, 6.45) is 4.20. The molecule has 2 amide bonds. The van der Waals surface area contributed by atoms with E-state index in [1.165, 1.54) is 11.3 Å². The Hall–Kier alpha value is -2.64. The van der Waals surface area contributed by atoms with Gasteiger partial charge in [-0.25, -0.2) is 0 Å². The first-order valence-corrected chi connectivity index (χ1v) is 9.50. The highest BCUT2D eigenvalue weighted by Crippen LogP contribution is 2.37. The summed E-state index contributed by atoms with van der Waals surface area (Å²) < 4.78 is 0. The van der Waals surface area contributed by atoms with Crippen molar-refractivity contribution in [1.29, 1.82) is 0 Å². The first-order valence-electron chi connectivity index (χ1n) is 8.24. The van der Waals surface area contributed by atoms with Crippen LogP contribution in [-0.4, -0.2) is 22.9 Å². The molecule has 0 spiro atoms. The lowest BCUT2D eigenvalue weighted by molar-refractivity contribution is -0.146. The van der Waals surface area contributed by atoms with Crippen molar-refractivity contribution in [3.63, 3.8) is 0 Å². The van der Waals surface area contributed by atoms with E-state index in [4.69, 9.17) is 17.3 Å². The van der Waals surface area contributed by atoms with Gasteiger partial charge in [0.2, 0.25) is 5.91 Å². The molecule has 8 heteroatoms. The molecule has 2 atom stereocenters. The van der Waals surface area contributed by atoms with Crippen LogP contribution in [0.1, 0.15) is 23.2 Å². The third kappa shape index (κ3) is 4.04. The number of primary amides is 1. The van der Waals surface area contributed by atoms with E-state index in [1.807, 2.05) is 0 Å². The van der Waals surface area contributed by atoms with E-state index in [9.17, 15) is 19.5 Å². The van der Waals surface area contributed by atoms with Crippen LogP contribution < -0.4 is 11.1 Å². The third-order valence-electron chi connectivity index (χ3n) is 4.52. The molecule has 0 fully saturated rings. The Morgan fingerprint density at radius 2 is 1.74 bits per heavy atom. The van der Waals surface area contributed by atoms with Gasteiger partial charge in [0.15, 0.2) is 0 Å². The summed E-state index contributed by atoms with van der Waals surface area (Å²) in [6.45, 7) is 0. The lowest BCUT2D eigenvalue weighted by Gasteiger charge is -2.24. The summed E-state index contributed by atoms with van der Waals surface area (Å²) >= 11 is 7.08. The first-order chi connectivity index (χ1) is 12.9. The van der Waals surface area contributed by atoms with Gasteiger partial charge in [-0.2, -0.15) is 0 Å². The predicted molar refractivity (Wildman–Crippen MR) is 105 cm³/mol. The molecule has 2 aromatic rings. The van der Waals surface area contributed by atoms with Crippen LogP contribution in [0.2, 0.25) is 5.02 Å². The number of thiophene rings is 1. The summed E-state index contributed by atoms with van der Waals surface area (Å²) in [5.74, 6) is -3.60. The number of nitrogens with one attached hydrogen (secondary N) is 1. The van der Waals surface area contributed by atoms with E-state index in [-0.39, 0.29) is 5.56 Å². The van der Waals surface area contributed by atoms with Gasteiger partial charge in [0, 0.05) is 16.0 Å². The van der Waals surface area contributed by atoms with E-state index in [0.717, 1.165) is 5.56 Å². The van der Waals surface area contributed by atoms with Gasteiger partial charge in [0.25, 0.3) is 5.91 Å². The molecule has 140 valence electrons. The first kappa shape index (κ1) is 19.1. The molecule has 0 saturated heterocycles. The number of nitrogens with two attached hydrogens (primary N) is 1. The number of hydrogen-bond donors (Lipinski definition) is 3. The van der Waals surface area contributed by atoms with Crippen LogP contribution in [0.5, 0.6) is 0 Å². The van der Waals surface area contributed by atoms with Crippen LogP contribution in [0.4, 0.5) is 5.00 Å². The van der Waals surface area contributed by atoms with E-state index < -0.39 is 29.6 Å². The van der Waals surface area contributed by atoms with Crippen molar-refractivity contribution in [3.8, 4) is 11.1 Å². The van der Waals surface area contributed by atoms with Crippen LogP contribution in [0, 0.1) is 11.8 Å². The number of carbonyl (C=O) groups is 3. The summed E-state index contributed by atoms with van der Waals surface area (Å²) in [5.41, 5.74) is 7.08. The zero-order valence-corrected chi connectivity index (χ0v) is 15.7. The number of carboxylic acid groups (broad SMARTS) is 1. The second-order valence-electron chi connectivity index (χ2n) is 6.21. The smallest absolute Gasteiger partial charge is 0.307 e. The fourth-order valence-electron chi connectivity index (χ4n) is 3.12. The topological polar surface area (TPSA) is 109 Å². The minimum Gasteiger partial charge on any atom is -0.481 e. The lowest BCUT2D eigenvalue weighted by atomic mass is 9.82. The zero-order valence-electron chi connectivity index (χ0n) is 14.1. The standard InChI is InChI=1S/C19H17ClN2O4S/c20-11-7-5-10(6-8-11)14-9-27-18(15(14)16(21)23)22-17(24)12-3-1-2-4-13(12)19(25)26/h1-2,5-9,12-13H,3-4H2,(H2,21,23)(H,22,24)(H,25,26)/t12-,13+/m1/s1. The number of carboxylic acids is 1. The van der Waals surface area contributed by atoms with Crippen LogP contribution in [0.3, 0.4) is 0 Å². The third-order valence-corrected chi connectivity index (χ3v) is 5.66. The second kappa shape index (κ2) is 7.94. The van der Waals surface area contributed by atoms with Crippen molar-refractivity contribution in [2.45, 2.75) is 12.8 Å². The average Bonchev–Trinajstić information content (AvgIpc) is 3.06. The fraction of sp³-hybridized carbons (Fsp3) is 0.211. The molecule has 27 heavy (non-hydrogen) atoms. The van der Waals surface area contributed by atoms with Gasteiger partial charge in [-0.15, -0.1) is 11.3 Å². The van der Waals surface area contributed by atoms with Gasteiger partial charge in [-0.1, -0.05) is 35.9 Å². The normalized spacial score (nSPS) is 18.9. The van der Waals surface area contributed by atoms with E-state index >= 15 is 0 Å². The monoisotopic (exact) mass is 404 g/mol. The molecular formula is C19H17ClN2O4S. The average molecular weight is 405 g/mol. The molecule has 0 saturated carbocycles. The van der Waals surface area contributed by atoms with Crippen LogP contribution in [0.25, 0.3) is 11.1 Å². The number of hydrogen-bond acceptors (Lipinski definition) is 4. The Kier molecular flexibility index (Phi) is 5.62. The number of carbonyl (C=O) groups excluding carboxylic acids is 2. The molecule has 0 radical (unpaired) electrons. The van der Waals surface area contributed by atoms with Crippen LogP contribution >= 0.6 is 22.9 Å². The summed E-state index contributed by atoms with van der Waals surface area (Å²) in [6, 6.07) is 6.91. The zero-order chi connectivity index (χ0) is 19.6. The van der Waals surface area contributed by atoms with Crippen molar-refractivity contribution in [2.75, 3.05) is 5.32 Å². The van der Waals surface area contributed by atoms with Gasteiger partial charge < -0.3 is 16.2 Å². The van der Waals surface area contributed by atoms with Crippen LogP contribution in [0.15, 0.2) is 41.8 Å². The maximum Gasteiger partial charge on any atom is 0.307 e. The molecule has 3 rings (SSSR count). The Labute approximate surface area is 164 Å². The van der Waals surface area contributed by atoms with Crippen molar-refractivity contribution in [1.82, 2.24) is 0 Å². The van der Waals surface area contributed by atoms with Crippen molar-refractivity contribution in [3.05, 3.63) is 52.4 Å². The molecule has 1 heterocycles. The number of allylic oxidation sites excluding steroid dienone is 2. The SMILES string of the molecule is NC(=O)c1c(-c2ccc(Cl)cc2)csc1NC(=O)[C@@H]1CC=CC[C@@H]1C(=O)O. The Morgan fingerprint density at radius 3 is 2.33 bits per heavy atom. The van der Waals surface area contributed by atoms with Crippen molar-refractivity contribution >= 4 is 45.7 Å². The Morgan fingerprint density at radius 1 is 1.11 bits per heavy atom. The van der Waals surface area contributed by atoms with Crippen LogP contribution in [-0.2, 0) is 9.59 Å². The maximum atomic E-state index is 12.7. The fourth-order valence-corrected chi connectivity index (χ4v) is 4.22. The molecule has 6 nitrogen and oxygen atoms in total. The number of rotatable bonds is 5. The highest BCUT2D eigenvalue weighted by molar-refractivity contribution is 7.15. The number of benzene rings is 1. The minimum absolute atomic E-state index is 0.203. The largest absolute Gasteiger partial charge is 0.481 e. The Bertz CT molecular complexity index is 920. The summed E-state index contributed by atoms with van der Waals surface area (Å²) in [7, 11) is 0. The minimum atomic E-state index is -1.01. The van der Waals surface area contributed by atoms with Gasteiger partial charge in [0.1, 0.15) is 5.00 Å². The van der Waals surface area contributed by atoms with Crippen molar-refractivity contribution < 1.29 is 19.5 Å². The summed E-state index contributed by atoms with van der Waals surface area (Å²) in [5, 5.41) is 14.7. The number of halogens is 1.